The summed E-state index contributed by atoms with van der Waals surface area (Å²) in [7, 11) is 0. The van der Waals surface area contributed by atoms with E-state index in [-0.39, 0.29) is 17.8 Å². The highest BCUT2D eigenvalue weighted by atomic mass is 16.5. The molecule has 1 saturated heterocycles. The molecule has 1 aliphatic heterocycles. The van der Waals surface area contributed by atoms with Crippen LogP contribution in [0.2, 0.25) is 0 Å². The monoisotopic (exact) mass is 243 g/mol. The number of nitrogens with zero attached hydrogens (tertiary/aromatic N) is 1. The normalized spacial score (nSPS) is 24.5. The second-order valence-corrected chi connectivity index (χ2v) is 4.85. The van der Waals surface area contributed by atoms with E-state index in [0.29, 0.717) is 6.61 Å². The van der Waals surface area contributed by atoms with Crippen LogP contribution in [0.25, 0.3) is 0 Å². The van der Waals surface area contributed by atoms with Gasteiger partial charge in [-0.1, -0.05) is 29.8 Å². The Kier molecular flexibility index (Phi) is 3.78. The molecule has 0 bridgehead atoms. The second kappa shape index (κ2) is 5.32. The van der Waals surface area contributed by atoms with E-state index in [4.69, 9.17) is 4.74 Å². The van der Waals surface area contributed by atoms with Gasteiger partial charge in [-0.15, -0.1) is 0 Å². The number of hydrogen-bond acceptors (Lipinski definition) is 3. The average Bonchev–Trinajstić information content (AvgIpc) is 2.76. The Morgan fingerprint density at radius 2 is 2.33 bits per heavy atom. The van der Waals surface area contributed by atoms with Gasteiger partial charge in [-0.05, 0) is 25.8 Å². The maximum atomic E-state index is 12.4. The molecule has 1 fully saturated rings. The highest BCUT2D eigenvalue weighted by Crippen LogP contribution is 2.28. The van der Waals surface area contributed by atoms with Crippen LogP contribution in [0.1, 0.15) is 30.4 Å². The topological polar surface area (TPSA) is 50.1 Å². The van der Waals surface area contributed by atoms with Crippen molar-refractivity contribution in [2.45, 2.75) is 32.3 Å². The van der Waals surface area contributed by atoms with Crippen LogP contribution in [0, 0.1) is 24.2 Å². The maximum absolute atomic E-state index is 12.4. The van der Waals surface area contributed by atoms with Gasteiger partial charge in [0.05, 0.1) is 12.2 Å². The summed E-state index contributed by atoms with van der Waals surface area (Å²) >= 11 is 0. The zero-order chi connectivity index (χ0) is 13.1. The summed E-state index contributed by atoms with van der Waals surface area (Å²) in [6, 6.07) is 9.74. The van der Waals surface area contributed by atoms with E-state index in [1.165, 1.54) is 0 Å². The van der Waals surface area contributed by atoms with Crippen molar-refractivity contribution in [2.24, 2.45) is 5.92 Å². The van der Waals surface area contributed by atoms with Crippen LogP contribution in [0.4, 0.5) is 0 Å². The molecule has 3 unspecified atom stereocenters. The fourth-order valence-corrected chi connectivity index (χ4v) is 2.47. The Labute approximate surface area is 107 Å². The number of carbonyl (C=O) groups excluding carboxylic acids is 1. The van der Waals surface area contributed by atoms with E-state index >= 15 is 0 Å². The molecule has 0 aliphatic carbocycles. The average molecular weight is 243 g/mol. The van der Waals surface area contributed by atoms with Crippen molar-refractivity contribution in [3.05, 3.63) is 35.4 Å². The number of benzene rings is 1. The molecule has 3 nitrogen and oxygen atoms in total. The summed E-state index contributed by atoms with van der Waals surface area (Å²) in [4.78, 5) is 12.4. The van der Waals surface area contributed by atoms with Gasteiger partial charge in [-0.25, -0.2) is 0 Å². The zero-order valence-electron chi connectivity index (χ0n) is 10.7. The lowest BCUT2D eigenvalue weighted by Crippen LogP contribution is -2.26. The number of nitriles is 1. The van der Waals surface area contributed by atoms with Gasteiger partial charge in [0.25, 0.3) is 0 Å². The molecule has 0 radical (unpaired) electrons. The van der Waals surface area contributed by atoms with Gasteiger partial charge >= 0.3 is 0 Å². The Bertz CT molecular complexity index is 490. The van der Waals surface area contributed by atoms with E-state index in [2.05, 4.69) is 6.07 Å². The molecule has 0 saturated carbocycles. The second-order valence-electron chi connectivity index (χ2n) is 4.85. The number of Topliss-reactive ketones (excluding diaryl/α,β-unsaturated/α-hetero) is 1. The van der Waals surface area contributed by atoms with Crippen molar-refractivity contribution in [1.29, 1.82) is 5.26 Å². The van der Waals surface area contributed by atoms with Gasteiger partial charge in [0, 0.05) is 12.5 Å². The van der Waals surface area contributed by atoms with Gasteiger partial charge in [0.2, 0.25) is 0 Å². The minimum Gasteiger partial charge on any atom is -0.378 e. The smallest absolute Gasteiger partial charge is 0.160 e. The first-order valence-corrected chi connectivity index (χ1v) is 6.25. The van der Waals surface area contributed by atoms with Crippen LogP contribution in [-0.4, -0.2) is 18.5 Å². The molecular formula is C15H17NO2. The van der Waals surface area contributed by atoms with Crippen molar-refractivity contribution in [2.75, 3.05) is 6.61 Å². The molecule has 1 heterocycles. The van der Waals surface area contributed by atoms with Crippen LogP contribution in [0.3, 0.4) is 0 Å². The standard InChI is InChI=1S/C15H17NO2/c1-10-4-3-5-12(8-10)14(9-16)15(17)13-6-7-18-11(13)2/h3-5,8,11,13-14H,6-7H2,1-2H3. The van der Waals surface area contributed by atoms with Crippen LogP contribution in [-0.2, 0) is 9.53 Å². The van der Waals surface area contributed by atoms with Crippen LogP contribution in [0.15, 0.2) is 24.3 Å². The van der Waals surface area contributed by atoms with Gasteiger partial charge in [0.15, 0.2) is 5.78 Å². The summed E-state index contributed by atoms with van der Waals surface area (Å²) in [5.41, 5.74) is 1.86. The van der Waals surface area contributed by atoms with Crippen LogP contribution in [0.5, 0.6) is 0 Å². The van der Waals surface area contributed by atoms with E-state index in [1.54, 1.807) is 0 Å². The van der Waals surface area contributed by atoms with Gasteiger partial charge in [-0.2, -0.15) is 5.26 Å². The molecule has 3 heteroatoms. The summed E-state index contributed by atoms with van der Waals surface area (Å²) in [6.45, 7) is 4.48. The van der Waals surface area contributed by atoms with Gasteiger partial charge in [0.1, 0.15) is 5.92 Å². The Balaban J connectivity index is 2.24. The molecule has 0 N–H and O–H groups in total. The van der Waals surface area contributed by atoms with Crippen molar-refractivity contribution < 1.29 is 9.53 Å². The molecule has 3 atom stereocenters. The highest BCUT2D eigenvalue weighted by Gasteiger charge is 2.35. The molecule has 1 aliphatic rings. The summed E-state index contributed by atoms with van der Waals surface area (Å²) < 4.78 is 5.41. The SMILES string of the molecule is Cc1cccc(C(C#N)C(=O)C2CCOC2C)c1. The quantitative estimate of drug-likeness (QED) is 0.819. The van der Waals surface area contributed by atoms with Crippen molar-refractivity contribution >= 4 is 5.78 Å². The summed E-state index contributed by atoms with van der Waals surface area (Å²) in [5.74, 6) is -0.817. The minimum atomic E-state index is -0.668. The van der Waals surface area contributed by atoms with E-state index < -0.39 is 5.92 Å². The van der Waals surface area contributed by atoms with E-state index in [1.807, 2.05) is 38.1 Å². The molecule has 1 aromatic rings. The third-order valence-electron chi connectivity index (χ3n) is 3.53. The summed E-state index contributed by atoms with van der Waals surface area (Å²) in [6.07, 6.45) is 0.655. The third kappa shape index (κ3) is 2.44. The largest absolute Gasteiger partial charge is 0.378 e. The Morgan fingerprint density at radius 3 is 2.89 bits per heavy atom. The number of ketones is 1. The number of rotatable bonds is 3. The predicted octanol–water partition coefficient (Wildman–Crippen LogP) is 2.60. The van der Waals surface area contributed by atoms with E-state index in [0.717, 1.165) is 17.5 Å². The molecule has 0 spiro atoms. The van der Waals surface area contributed by atoms with Gasteiger partial charge < -0.3 is 4.74 Å². The minimum absolute atomic E-state index is 0.00639. The van der Waals surface area contributed by atoms with E-state index in [9.17, 15) is 10.1 Å². The third-order valence-corrected chi connectivity index (χ3v) is 3.53. The predicted molar refractivity (Wildman–Crippen MR) is 68.1 cm³/mol. The lowest BCUT2D eigenvalue weighted by molar-refractivity contribution is -0.124. The molecule has 0 aromatic heterocycles. The number of carbonyl (C=O) groups is 1. The van der Waals surface area contributed by atoms with Gasteiger partial charge in [-0.3, -0.25) is 4.79 Å². The first-order valence-electron chi connectivity index (χ1n) is 6.25. The molecule has 1 aromatic carbocycles. The molecule has 18 heavy (non-hydrogen) atoms. The highest BCUT2D eigenvalue weighted by molar-refractivity contribution is 5.91. The lowest BCUT2D eigenvalue weighted by atomic mass is 9.85. The maximum Gasteiger partial charge on any atom is 0.160 e. The Morgan fingerprint density at radius 1 is 1.56 bits per heavy atom. The number of aryl methyl sites for hydroxylation is 1. The fraction of sp³-hybridized carbons (Fsp3) is 0.467. The van der Waals surface area contributed by atoms with Crippen LogP contribution < -0.4 is 0 Å². The van der Waals surface area contributed by atoms with Crippen LogP contribution >= 0.6 is 0 Å². The summed E-state index contributed by atoms with van der Waals surface area (Å²) in [5, 5.41) is 9.28. The van der Waals surface area contributed by atoms with Crippen molar-refractivity contribution in [1.82, 2.24) is 0 Å². The lowest BCUT2D eigenvalue weighted by Gasteiger charge is -2.16. The zero-order valence-corrected chi connectivity index (χ0v) is 10.7. The number of hydrogen-bond donors (Lipinski definition) is 0. The molecule has 0 amide bonds. The van der Waals surface area contributed by atoms with Crippen molar-refractivity contribution in [3.63, 3.8) is 0 Å². The molecular weight excluding hydrogens is 226 g/mol. The molecule has 94 valence electrons. The molecule has 2 rings (SSSR count). The first-order chi connectivity index (χ1) is 8.63. The first kappa shape index (κ1) is 12.8. The Hall–Kier alpha value is -1.66. The van der Waals surface area contributed by atoms with Crippen molar-refractivity contribution in [3.8, 4) is 6.07 Å². The fourth-order valence-electron chi connectivity index (χ4n) is 2.47. The number of ether oxygens (including phenoxy) is 1.